The van der Waals surface area contributed by atoms with Gasteiger partial charge < -0.3 is 24.3 Å². The standard InChI is InChI=1S/C27H29ClN2O6/c1-4-25(31)30(19-8-10-23(22(28)13-19)36-21-16-35-17-21)27(11-5-6-12-27)26(32)29-15-18-7-9-20(33-2)14-24(18)34-3/h1,7-10,13-14,21H,5-6,11-12,15-17H2,2-3H3,(H,29,32). The van der Waals surface area contributed by atoms with Crippen molar-refractivity contribution in [2.24, 2.45) is 0 Å². The summed E-state index contributed by atoms with van der Waals surface area (Å²) in [6.07, 6.45) is 8.01. The number of carbonyl (C=O) groups is 2. The van der Waals surface area contributed by atoms with E-state index in [1.807, 2.05) is 6.07 Å². The highest BCUT2D eigenvalue weighted by Gasteiger charge is 2.49. The van der Waals surface area contributed by atoms with Crippen LogP contribution in [0.5, 0.6) is 17.2 Å². The van der Waals surface area contributed by atoms with Crippen LogP contribution in [0.15, 0.2) is 36.4 Å². The van der Waals surface area contributed by atoms with Crippen LogP contribution in [0.1, 0.15) is 31.2 Å². The molecule has 1 heterocycles. The molecule has 0 unspecified atom stereocenters. The van der Waals surface area contributed by atoms with Gasteiger partial charge in [-0.05, 0) is 49.1 Å². The molecule has 0 atom stereocenters. The number of anilines is 1. The van der Waals surface area contributed by atoms with Crippen LogP contribution in [0.2, 0.25) is 5.02 Å². The number of rotatable bonds is 9. The second-order valence-corrected chi connectivity index (χ2v) is 9.18. The summed E-state index contributed by atoms with van der Waals surface area (Å²) in [7, 11) is 3.13. The molecule has 4 rings (SSSR count). The molecule has 0 radical (unpaired) electrons. The molecule has 1 aliphatic carbocycles. The van der Waals surface area contributed by atoms with Gasteiger partial charge in [-0.25, -0.2) is 0 Å². The predicted octanol–water partition coefficient (Wildman–Crippen LogP) is 3.73. The van der Waals surface area contributed by atoms with Gasteiger partial charge in [-0.3, -0.25) is 14.5 Å². The summed E-state index contributed by atoms with van der Waals surface area (Å²) >= 11 is 6.50. The van der Waals surface area contributed by atoms with E-state index in [1.54, 1.807) is 44.6 Å². The molecular weight excluding hydrogens is 484 g/mol. The minimum Gasteiger partial charge on any atom is -0.497 e. The highest BCUT2D eigenvalue weighted by molar-refractivity contribution is 6.32. The largest absolute Gasteiger partial charge is 0.497 e. The minimum atomic E-state index is -1.14. The van der Waals surface area contributed by atoms with Crippen molar-refractivity contribution in [3.63, 3.8) is 0 Å². The summed E-state index contributed by atoms with van der Waals surface area (Å²) < 4.78 is 21.7. The fraction of sp³-hybridized carbons (Fsp3) is 0.407. The van der Waals surface area contributed by atoms with Crippen molar-refractivity contribution in [3.8, 4) is 29.6 Å². The van der Waals surface area contributed by atoms with Crippen LogP contribution in [0, 0.1) is 12.3 Å². The quantitative estimate of drug-likeness (QED) is 0.515. The van der Waals surface area contributed by atoms with Gasteiger partial charge in [0.2, 0.25) is 5.91 Å². The normalized spacial score (nSPS) is 16.4. The van der Waals surface area contributed by atoms with Gasteiger partial charge in [-0.1, -0.05) is 24.4 Å². The van der Waals surface area contributed by atoms with Crippen LogP contribution < -0.4 is 24.4 Å². The lowest BCUT2D eigenvalue weighted by Gasteiger charge is -2.39. The van der Waals surface area contributed by atoms with Gasteiger partial charge in [0.15, 0.2) is 0 Å². The number of hydrogen-bond acceptors (Lipinski definition) is 6. The van der Waals surface area contributed by atoms with E-state index in [1.165, 1.54) is 4.90 Å². The fourth-order valence-corrected chi connectivity index (χ4v) is 4.88. The molecule has 9 heteroatoms. The molecule has 36 heavy (non-hydrogen) atoms. The van der Waals surface area contributed by atoms with E-state index in [2.05, 4.69) is 11.2 Å². The lowest BCUT2D eigenvalue weighted by Crippen LogP contribution is -2.59. The second-order valence-electron chi connectivity index (χ2n) is 8.78. The molecule has 1 saturated carbocycles. The summed E-state index contributed by atoms with van der Waals surface area (Å²) in [4.78, 5) is 28.2. The summed E-state index contributed by atoms with van der Waals surface area (Å²) in [6.45, 7) is 1.22. The van der Waals surface area contributed by atoms with Crippen molar-refractivity contribution >= 4 is 29.1 Å². The molecular formula is C27H29ClN2O6. The van der Waals surface area contributed by atoms with E-state index in [-0.39, 0.29) is 18.6 Å². The lowest BCUT2D eigenvalue weighted by molar-refractivity contribution is -0.129. The van der Waals surface area contributed by atoms with E-state index in [4.69, 9.17) is 37.0 Å². The Hall–Kier alpha value is -3.41. The lowest BCUT2D eigenvalue weighted by atomic mass is 9.92. The van der Waals surface area contributed by atoms with Crippen LogP contribution in [-0.2, 0) is 20.9 Å². The minimum absolute atomic E-state index is 0.0568. The number of amides is 2. The predicted molar refractivity (Wildman–Crippen MR) is 136 cm³/mol. The molecule has 2 aromatic carbocycles. The van der Waals surface area contributed by atoms with Gasteiger partial charge in [-0.15, -0.1) is 6.42 Å². The number of terminal acetylenes is 1. The smallest absolute Gasteiger partial charge is 0.303 e. The van der Waals surface area contributed by atoms with Gasteiger partial charge in [0, 0.05) is 23.9 Å². The second kappa shape index (κ2) is 11.1. The number of halogens is 1. The SMILES string of the molecule is C#CC(=O)N(c1ccc(OC2COC2)c(Cl)c1)C1(C(=O)NCc2ccc(OC)cc2OC)CCCC1. The summed E-state index contributed by atoms with van der Waals surface area (Å²) in [6, 6.07) is 10.4. The number of nitrogens with one attached hydrogen (secondary N) is 1. The molecule has 1 N–H and O–H groups in total. The Kier molecular flexibility index (Phi) is 7.92. The molecule has 190 valence electrons. The zero-order valence-corrected chi connectivity index (χ0v) is 21.1. The van der Waals surface area contributed by atoms with E-state index in [0.717, 1.165) is 18.4 Å². The van der Waals surface area contributed by atoms with E-state index < -0.39 is 11.4 Å². The molecule has 1 saturated heterocycles. The fourth-order valence-electron chi connectivity index (χ4n) is 4.66. The maximum atomic E-state index is 13.7. The van der Waals surface area contributed by atoms with Crippen molar-refractivity contribution in [1.29, 1.82) is 0 Å². The Morgan fingerprint density at radius 3 is 2.47 bits per heavy atom. The monoisotopic (exact) mass is 512 g/mol. The molecule has 8 nitrogen and oxygen atoms in total. The molecule has 0 bridgehead atoms. The van der Waals surface area contributed by atoms with Crippen LogP contribution in [-0.4, -0.2) is 50.9 Å². The first-order valence-electron chi connectivity index (χ1n) is 11.8. The maximum Gasteiger partial charge on any atom is 0.303 e. The average Bonchev–Trinajstić information content (AvgIpc) is 3.36. The third-order valence-corrected chi connectivity index (χ3v) is 6.91. The van der Waals surface area contributed by atoms with Crippen LogP contribution in [0.3, 0.4) is 0 Å². The first kappa shape index (κ1) is 25.7. The number of benzene rings is 2. The van der Waals surface area contributed by atoms with Gasteiger partial charge in [0.05, 0.1) is 32.5 Å². The van der Waals surface area contributed by atoms with Gasteiger partial charge >= 0.3 is 5.91 Å². The Morgan fingerprint density at radius 2 is 1.89 bits per heavy atom. The molecule has 2 aromatic rings. The first-order chi connectivity index (χ1) is 17.4. The summed E-state index contributed by atoms with van der Waals surface area (Å²) in [5.41, 5.74) is 0.0785. The Morgan fingerprint density at radius 1 is 1.14 bits per heavy atom. The number of nitrogens with zero attached hydrogens (tertiary/aromatic N) is 1. The summed E-state index contributed by atoms with van der Waals surface area (Å²) in [5.74, 6) is 3.02. The number of methoxy groups -OCH3 is 2. The third kappa shape index (κ3) is 5.08. The molecule has 2 fully saturated rings. The molecule has 0 spiro atoms. The molecule has 1 aliphatic heterocycles. The Labute approximate surface area is 215 Å². The zero-order chi connectivity index (χ0) is 25.7. The zero-order valence-electron chi connectivity index (χ0n) is 20.3. The molecule has 0 aromatic heterocycles. The average molecular weight is 513 g/mol. The number of carbonyl (C=O) groups excluding carboxylic acids is 2. The van der Waals surface area contributed by atoms with Crippen molar-refractivity contribution in [2.45, 2.75) is 43.9 Å². The Bertz CT molecular complexity index is 1170. The van der Waals surface area contributed by atoms with E-state index >= 15 is 0 Å². The van der Waals surface area contributed by atoms with Crippen molar-refractivity contribution in [3.05, 3.63) is 47.0 Å². The van der Waals surface area contributed by atoms with Gasteiger partial charge in [-0.2, -0.15) is 0 Å². The highest BCUT2D eigenvalue weighted by atomic mass is 35.5. The van der Waals surface area contributed by atoms with Crippen LogP contribution >= 0.6 is 11.6 Å². The molecule has 2 amide bonds. The van der Waals surface area contributed by atoms with Crippen molar-refractivity contribution < 1.29 is 28.5 Å². The first-order valence-corrected chi connectivity index (χ1v) is 12.1. The topological polar surface area (TPSA) is 86.3 Å². The van der Waals surface area contributed by atoms with Crippen molar-refractivity contribution in [2.75, 3.05) is 32.3 Å². The Balaban J connectivity index is 1.61. The van der Waals surface area contributed by atoms with Crippen molar-refractivity contribution in [1.82, 2.24) is 5.32 Å². The molecule has 2 aliphatic rings. The third-order valence-electron chi connectivity index (χ3n) is 6.62. The summed E-state index contributed by atoms with van der Waals surface area (Å²) in [5, 5.41) is 3.32. The number of hydrogen-bond donors (Lipinski definition) is 1. The van der Waals surface area contributed by atoms with E-state index in [9.17, 15) is 9.59 Å². The van der Waals surface area contributed by atoms with Crippen LogP contribution in [0.25, 0.3) is 0 Å². The van der Waals surface area contributed by atoms with Crippen LogP contribution in [0.4, 0.5) is 5.69 Å². The highest BCUT2D eigenvalue weighted by Crippen LogP contribution is 2.41. The van der Waals surface area contributed by atoms with Gasteiger partial charge in [0.1, 0.15) is 28.9 Å². The maximum absolute atomic E-state index is 13.7. The van der Waals surface area contributed by atoms with Gasteiger partial charge in [0.25, 0.3) is 0 Å². The van der Waals surface area contributed by atoms with E-state index in [0.29, 0.717) is 54.0 Å². The number of ether oxygens (including phenoxy) is 4.